The molecule has 0 saturated carbocycles. The van der Waals surface area contributed by atoms with E-state index in [0.29, 0.717) is 10.6 Å². The van der Waals surface area contributed by atoms with Crippen molar-refractivity contribution >= 4 is 23.3 Å². The molecule has 0 fully saturated rings. The van der Waals surface area contributed by atoms with E-state index < -0.39 is 12.0 Å². The molecule has 0 aliphatic carbocycles. The molecule has 0 saturated heterocycles. The van der Waals surface area contributed by atoms with Gasteiger partial charge in [0.2, 0.25) is 0 Å². The van der Waals surface area contributed by atoms with Crippen LogP contribution >= 0.6 is 11.6 Å². The van der Waals surface area contributed by atoms with Crippen molar-refractivity contribution in [3.8, 4) is 0 Å². The molecule has 0 amide bonds. The Balaban J connectivity index is 2.22. The lowest BCUT2D eigenvalue weighted by Gasteiger charge is -2.16. The van der Waals surface area contributed by atoms with Crippen LogP contribution in [-0.2, 0) is 4.79 Å². The summed E-state index contributed by atoms with van der Waals surface area (Å²) >= 11 is 5.78. The summed E-state index contributed by atoms with van der Waals surface area (Å²) < 4.78 is 0. The van der Waals surface area contributed by atoms with Crippen molar-refractivity contribution in [1.29, 1.82) is 0 Å². The van der Waals surface area contributed by atoms with Gasteiger partial charge < -0.3 is 10.4 Å². The Morgan fingerprint density at radius 3 is 2.22 bits per heavy atom. The molecule has 0 radical (unpaired) electrons. The Kier molecular flexibility index (Phi) is 3.85. The molecule has 2 aromatic carbocycles. The zero-order chi connectivity index (χ0) is 13.0. The second-order valence-corrected chi connectivity index (χ2v) is 4.27. The minimum absolute atomic E-state index is 0.618. The first kappa shape index (κ1) is 12.5. The maximum Gasteiger partial charge on any atom is 0.330 e. The number of anilines is 1. The van der Waals surface area contributed by atoms with Gasteiger partial charge in [-0.3, -0.25) is 0 Å². The Morgan fingerprint density at radius 1 is 1.06 bits per heavy atom. The molecule has 0 spiro atoms. The molecular formula is C14H12ClNO2. The van der Waals surface area contributed by atoms with Crippen LogP contribution in [0.5, 0.6) is 0 Å². The summed E-state index contributed by atoms with van der Waals surface area (Å²) in [4.78, 5) is 11.3. The number of rotatable bonds is 4. The van der Waals surface area contributed by atoms with Gasteiger partial charge in [0.15, 0.2) is 6.04 Å². The van der Waals surface area contributed by atoms with Crippen molar-refractivity contribution in [3.63, 3.8) is 0 Å². The van der Waals surface area contributed by atoms with Crippen LogP contribution in [0.25, 0.3) is 0 Å². The number of carboxylic acid groups (broad SMARTS) is 1. The van der Waals surface area contributed by atoms with E-state index in [4.69, 9.17) is 11.6 Å². The number of halogens is 1. The normalized spacial score (nSPS) is 11.8. The zero-order valence-corrected chi connectivity index (χ0v) is 10.3. The highest BCUT2D eigenvalue weighted by molar-refractivity contribution is 6.30. The molecule has 0 aliphatic heterocycles. The smallest absolute Gasteiger partial charge is 0.330 e. The van der Waals surface area contributed by atoms with Crippen molar-refractivity contribution in [1.82, 2.24) is 0 Å². The summed E-state index contributed by atoms with van der Waals surface area (Å²) in [5, 5.41) is 12.8. The quantitative estimate of drug-likeness (QED) is 0.884. The van der Waals surface area contributed by atoms with Crippen LogP contribution in [0, 0.1) is 0 Å². The molecule has 0 aliphatic rings. The number of benzene rings is 2. The van der Waals surface area contributed by atoms with Gasteiger partial charge in [-0.15, -0.1) is 0 Å². The van der Waals surface area contributed by atoms with E-state index in [2.05, 4.69) is 5.32 Å². The van der Waals surface area contributed by atoms with Gasteiger partial charge in [0.05, 0.1) is 0 Å². The van der Waals surface area contributed by atoms with Gasteiger partial charge in [-0.25, -0.2) is 4.79 Å². The molecule has 0 bridgehead atoms. The van der Waals surface area contributed by atoms with E-state index >= 15 is 0 Å². The predicted molar refractivity (Wildman–Crippen MR) is 71.9 cm³/mol. The van der Waals surface area contributed by atoms with Crippen LogP contribution in [0.2, 0.25) is 5.02 Å². The third-order valence-electron chi connectivity index (χ3n) is 2.54. The summed E-state index contributed by atoms with van der Waals surface area (Å²) in [6.45, 7) is 0. The summed E-state index contributed by atoms with van der Waals surface area (Å²) in [7, 11) is 0. The van der Waals surface area contributed by atoms with Gasteiger partial charge in [-0.05, 0) is 29.8 Å². The van der Waals surface area contributed by atoms with Crippen molar-refractivity contribution in [2.24, 2.45) is 0 Å². The summed E-state index contributed by atoms with van der Waals surface area (Å²) in [6.07, 6.45) is 0. The predicted octanol–water partition coefficient (Wildman–Crippen LogP) is 3.58. The summed E-state index contributed by atoms with van der Waals surface area (Å²) in [5.41, 5.74) is 1.43. The molecule has 0 aromatic heterocycles. The highest BCUT2D eigenvalue weighted by Gasteiger charge is 2.18. The minimum atomic E-state index is -0.920. The van der Waals surface area contributed by atoms with Crippen molar-refractivity contribution in [2.75, 3.05) is 5.32 Å². The first-order valence-electron chi connectivity index (χ1n) is 5.46. The number of nitrogens with one attached hydrogen (secondary N) is 1. The Bertz CT molecular complexity index is 525. The Morgan fingerprint density at radius 2 is 1.67 bits per heavy atom. The third-order valence-corrected chi connectivity index (χ3v) is 2.79. The lowest BCUT2D eigenvalue weighted by molar-refractivity contribution is -0.138. The summed E-state index contributed by atoms with van der Waals surface area (Å²) in [5.74, 6) is -0.920. The number of hydrogen-bond donors (Lipinski definition) is 2. The van der Waals surface area contributed by atoms with E-state index in [1.165, 1.54) is 0 Å². The average Bonchev–Trinajstić information content (AvgIpc) is 2.38. The van der Waals surface area contributed by atoms with E-state index in [-0.39, 0.29) is 0 Å². The average molecular weight is 262 g/mol. The number of aliphatic carboxylic acids is 1. The van der Waals surface area contributed by atoms with Crippen LogP contribution < -0.4 is 5.32 Å². The van der Waals surface area contributed by atoms with Gasteiger partial charge in [0, 0.05) is 10.7 Å². The second-order valence-electron chi connectivity index (χ2n) is 3.83. The van der Waals surface area contributed by atoms with Crippen molar-refractivity contribution in [3.05, 3.63) is 65.2 Å². The lowest BCUT2D eigenvalue weighted by Crippen LogP contribution is -2.20. The highest BCUT2D eigenvalue weighted by Crippen LogP contribution is 2.21. The zero-order valence-electron chi connectivity index (χ0n) is 9.51. The van der Waals surface area contributed by atoms with Crippen molar-refractivity contribution < 1.29 is 9.90 Å². The van der Waals surface area contributed by atoms with Gasteiger partial charge in [0.1, 0.15) is 0 Å². The fourth-order valence-electron chi connectivity index (χ4n) is 1.65. The monoisotopic (exact) mass is 261 g/mol. The van der Waals surface area contributed by atoms with Crippen LogP contribution in [0.4, 0.5) is 5.69 Å². The SMILES string of the molecule is O=C(O)[C@@H](Nc1ccc(Cl)cc1)c1ccccc1. The van der Waals surface area contributed by atoms with Gasteiger partial charge in [-0.2, -0.15) is 0 Å². The molecule has 0 unspecified atom stereocenters. The summed E-state index contributed by atoms with van der Waals surface area (Å²) in [6, 6.07) is 15.2. The number of hydrogen-bond acceptors (Lipinski definition) is 2. The Hall–Kier alpha value is -2.00. The van der Waals surface area contributed by atoms with E-state index in [1.807, 2.05) is 18.2 Å². The lowest BCUT2D eigenvalue weighted by atomic mass is 10.1. The molecule has 2 rings (SSSR count). The molecule has 2 N–H and O–H groups in total. The number of carbonyl (C=O) groups is 1. The number of carboxylic acids is 1. The first-order valence-corrected chi connectivity index (χ1v) is 5.84. The van der Waals surface area contributed by atoms with Crippen LogP contribution in [0.1, 0.15) is 11.6 Å². The van der Waals surface area contributed by atoms with Gasteiger partial charge in [-0.1, -0.05) is 41.9 Å². The van der Waals surface area contributed by atoms with Crippen LogP contribution in [0.3, 0.4) is 0 Å². The van der Waals surface area contributed by atoms with E-state index in [1.54, 1.807) is 36.4 Å². The maximum absolute atomic E-state index is 11.3. The van der Waals surface area contributed by atoms with Crippen molar-refractivity contribution in [2.45, 2.75) is 6.04 Å². The maximum atomic E-state index is 11.3. The highest BCUT2D eigenvalue weighted by atomic mass is 35.5. The van der Waals surface area contributed by atoms with Gasteiger partial charge >= 0.3 is 5.97 Å². The minimum Gasteiger partial charge on any atom is -0.479 e. The largest absolute Gasteiger partial charge is 0.479 e. The van der Waals surface area contributed by atoms with Crippen LogP contribution in [0.15, 0.2) is 54.6 Å². The topological polar surface area (TPSA) is 49.3 Å². The van der Waals surface area contributed by atoms with Crippen LogP contribution in [-0.4, -0.2) is 11.1 Å². The fourth-order valence-corrected chi connectivity index (χ4v) is 1.77. The standard InChI is InChI=1S/C14H12ClNO2/c15-11-6-8-12(9-7-11)16-13(14(17)18)10-4-2-1-3-5-10/h1-9,13,16H,(H,17,18)/t13-/m0/s1. The van der Waals surface area contributed by atoms with E-state index in [9.17, 15) is 9.90 Å². The molecule has 3 nitrogen and oxygen atoms in total. The molecule has 4 heteroatoms. The Labute approximate surface area is 110 Å². The third kappa shape index (κ3) is 3.02. The van der Waals surface area contributed by atoms with Gasteiger partial charge in [0.25, 0.3) is 0 Å². The molecule has 0 heterocycles. The molecule has 2 aromatic rings. The molecule has 1 atom stereocenters. The molecular weight excluding hydrogens is 250 g/mol. The van der Waals surface area contributed by atoms with E-state index in [0.717, 1.165) is 5.69 Å². The molecule has 18 heavy (non-hydrogen) atoms. The molecule has 92 valence electrons. The fraction of sp³-hybridized carbons (Fsp3) is 0.0714. The first-order chi connectivity index (χ1) is 8.66. The second kappa shape index (κ2) is 5.56.